The van der Waals surface area contributed by atoms with Crippen LogP contribution in [-0.4, -0.2) is 44.2 Å². The summed E-state index contributed by atoms with van der Waals surface area (Å²) in [6.45, 7) is 0.0992. The van der Waals surface area contributed by atoms with E-state index in [9.17, 15) is 4.79 Å². The van der Waals surface area contributed by atoms with Crippen LogP contribution in [0.25, 0.3) is 17.1 Å². The Balaban J connectivity index is 1.51. The summed E-state index contributed by atoms with van der Waals surface area (Å²) >= 11 is 5.96. The first kappa shape index (κ1) is 19.5. The molecule has 13 heteroatoms. The van der Waals surface area contributed by atoms with Gasteiger partial charge in [-0.05, 0) is 46.2 Å². The standard InChI is InChI=1S/C19H13ClN8O4/c20-12-3-1-2-10(6-12)8-22-24-19(29)15-16(11-4-5-13-14(7-11)31-9-30-13)28(27-23-15)18-17(21)25-32-26-18/h1-8H,9H2,(H2,21,25)(H,24,29). The molecule has 4 aromatic rings. The number of ether oxygens (including phenoxy) is 2. The van der Waals surface area contributed by atoms with E-state index < -0.39 is 5.91 Å². The molecule has 3 N–H and O–H groups in total. The van der Waals surface area contributed by atoms with E-state index in [0.717, 1.165) is 0 Å². The number of amides is 1. The van der Waals surface area contributed by atoms with Crippen LogP contribution in [0.5, 0.6) is 11.5 Å². The average Bonchev–Trinajstić information content (AvgIpc) is 3.52. The van der Waals surface area contributed by atoms with Crippen molar-refractivity contribution in [3.05, 3.63) is 58.7 Å². The van der Waals surface area contributed by atoms with Gasteiger partial charge in [0.1, 0.15) is 5.69 Å². The highest BCUT2D eigenvalue weighted by atomic mass is 35.5. The van der Waals surface area contributed by atoms with E-state index in [1.807, 2.05) is 0 Å². The number of nitrogens with two attached hydrogens (primary N) is 1. The first-order valence-electron chi connectivity index (χ1n) is 9.13. The van der Waals surface area contributed by atoms with Crippen molar-refractivity contribution in [1.29, 1.82) is 0 Å². The van der Waals surface area contributed by atoms with E-state index in [1.165, 1.54) is 10.9 Å². The van der Waals surface area contributed by atoms with Crippen LogP contribution in [0.4, 0.5) is 5.82 Å². The Kier molecular flexibility index (Phi) is 4.88. The van der Waals surface area contributed by atoms with E-state index in [1.54, 1.807) is 42.5 Å². The maximum atomic E-state index is 12.9. The lowest BCUT2D eigenvalue weighted by Crippen LogP contribution is -2.19. The highest BCUT2D eigenvalue weighted by Crippen LogP contribution is 2.37. The monoisotopic (exact) mass is 452 g/mol. The molecule has 160 valence electrons. The van der Waals surface area contributed by atoms with Crippen LogP contribution in [0.15, 0.2) is 52.2 Å². The molecular weight excluding hydrogens is 440 g/mol. The van der Waals surface area contributed by atoms with Crippen LogP contribution in [0.3, 0.4) is 0 Å². The Hall–Kier alpha value is -4.45. The third kappa shape index (κ3) is 3.58. The molecule has 0 unspecified atom stereocenters. The third-order valence-electron chi connectivity index (χ3n) is 4.46. The summed E-state index contributed by atoms with van der Waals surface area (Å²) in [7, 11) is 0. The van der Waals surface area contributed by atoms with Gasteiger partial charge in [-0.1, -0.05) is 28.9 Å². The van der Waals surface area contributed by atoms with Gasteiger partial charge in [0, 0.05) is 10.6 Å². The fourth-order valence-corrected chi connectivity index (χ4v) is 3.23. The number of nitrogens with one attached hydrogen (secondary N) is 1. The maximum Gasteiger partial charge on any atom is 0.294 e. The largest absolute Gasteiger partial charge is 0.454 e. The molecule has 0 aliphatic carbocycles. The average molecular weight is 453 g/mol. The molecular formula is C19H13ClN8O4. The van der Waals surface area contributed by atoms with Crippen molar-refractivity contribution in [1.82, 2.24) is 30.7 Å². The van der Waals surface area contributed by atoms with Crippen LogP contribution < -0.4 is 20.6 Å². The zero-order chi connectivity index (χ0) is 22.1. The molecule has 0 atom stereocenters. The van der Waals surface area contributed by atoms with Crippen LogP contribution in [0.2, 0.25) is 5.02 Å². The smallest absolute Gasteiger partial charge is 0.294 e. The van der Waals surface area contributed by atoms with Gasteiger partial charge in [0.05, 0.1) is 6.21 Å². The molecule has 0 saturated heterocycles. The molecule has 12 nitrogen and oxygen atoms in total. The predicted molar refractivity (Wildman–Crippen MR) is 112 cm³/mol. The normalized spacial score (nSPS) is 12.4. The number of aromatic nitrogens is 5. The first-order chi connectivity index (χ1) is 15.6. The van der Waals surface area contributed by atoms with Gasteiger partial charge < -0.3 is 15.2 Å². The van der Waals surface area contributed by atoms with Gasteiger partial charge in [0.25, 0.3) is 5.91 Å². The lowest BCUT2D eigenvalue weighted by Gasteiger charge is -2.07. The molecule has 1 amide bonds. The lowest BCUT2D eigenvalue weighted by atomic mass is 10.1. The van der Waals surface area contributed by atoms with Crippen molar-refractivity contribution >= 4 is 29.5 Å². The first-order valence-corrected chi connectivity index (χ1v) is 9.51. The summed E-state index contributed by atoms with van der Waals surface area (Å²) < 4.78 is 16.7. The van der Waals surface area contributed by atoms with Crippen molar-refractivity contribution in [3.8, 4) is 28.6 Å². The fraction of sp³-hybridized carbons (Fsp3) is 0.0526. The molecule has 0 saturated carbocycles. The Morgan fingerprint density at radius 3 is 2.88 bits per heavy atom. The Morgan fingerprint density at radius 2 is 2.06 bits per heavy atom. The fourth-order valence-electron chi connectivity index (χ4n) is 3.03. The number of hydrazone groups is 1. The number of hydrogen-bond donors (Lipinski definition) is 2. The van der Waals surface area contributed by atoms with E-state index in [0.29, 0.717) is 27.6 Å². The van der Waals surface area contributed by atoms with E-state index in [2.05, 4.69) is 35.8 Å². The summed E-state index contributed by atoms with van der Waals surface area (Å²) in [6.07, 6.45) is 1.45. The molecule has 1 aliphatic heterocycles. The predicted octanol–water partition coefficient (Wildman–Crippen LogP) is 2.05. The minimum atomic E-state index is -0.614. The topological polar surface area (TPSA) is 156 Å². The van der Waals surface area contributed by atoms with Crippen molar-refractivity contribution in [2.45, 2.75) is 0 Å². The molecule has 0 radical (unpaired) electrons. The number of rotatable bonds is 5. The van der Waals surface area contributed by atoms with Gasteiger partial charge >= 0.3 is 0 Å². The minimum Gasteiger partial charge on any atom is -0.454 e. The van der Waals surface area contributed by atoms with Crippen LogP contribution in [0, 0.1) is 0 Å². The molecule has 2 aromatic heterocycles. The molecule has 0 fully saturated rings. The Bertz CT molecular complexity index is 1350. The van der Waals surface area contributed by atoms with E-state index >= 15 is 0 Å². The number of fused-ring (bicyclic) bond motifs is 1. The summed E-state index contributed by atoms with van der Waals surface area (Å²) in [5.74, 6) is 0.519. The summed E-state index contributed by atoms with van der Waals surface area (Å²) in [5, 5.41) is 19.8. The molecule has 1 aliphatic rings. The summed E-state index contributed by atoms with van der Waals surface area (Å²) in [5.41, 5.74) is 9.74. The van der Waals surface area contributed by atoms with Crippen LogP contribution >= 0.6 is 11.6 Å². The third-order valence-corrected chi connectivity index (χ3v) is 4.69. The zero-order valence-corrected chi connectivity index (χ0v) is 16.9. The van der Waals surface area contributed by atoms with Gasteiger partial charge in [-0.3, -0.25) is 4.79 Å². The van der Waals surface area contributed by atoms with Gasteiger partial charge in [0.2, 0.25) is 18.4 Å². The number of nitrogen functional groups attached to an aromatic ring is 1. The number of carbonyl (C=O) groups is 1. The Morgan fingerprint density at radius 1 is 1.19 bits per heavy atom. The van der Waals surface area contributed by atoms with Gasteiger partial charge in [-0.15, -0.1) is 5.10 Å². The zero-order valence-electron chi connectivity index (χ0n) is 16.1. The number of halogens is 1. The molecule has 2 aromatic carbocycles. The quantitative estimate of drug-likeness (QED) is 0.341. The van der Waals surface area contributed by atoms with Gasteiger partial charge in [-0.25, -0.2) is 10.1 Å². The molecule has 5 rings (SSSR count). The summed E-state index contributed by atoms with van der Waals surface area (Å²) in [6, 6.07) is 12.1. The summed E-state index contributed by atoms with van der Waals surface area (Å²) in [4.78, 5) is 12.9. The van der Waals surface area contributed by atoms with Gasteiger partial charge in [0.15, 0.2) is 17.2 Å². The number of anilines is 1. The maximum absolute atomic E-state index is 12.9. The minimum absolute atomic E-state index is 0.0252. The van der Waals surface area contributed by atoms with Crippen molar-refractivity contribution in [2.24, 2.45) is 5.10 Å². The second-order valence-corrected chi connectivity index (χ2v) is 6.93. The highest BCUT2D eigenvalue weighted by molar-refractivity contribution is 6.30. The molecule has 0 bridgehead atoms. The second-order valence-electron chi connectivity index (χ2n) is 6.49. The molecule has 0 spiro atoms. The SMILES string of the molecule is Nc1nonc1-n1nnc(C(=O)NN=Cc2cccc(Cl)c2)c1-c1ccc2c(c1)OCO2. The van der Waals surface area contributed by atoms with E-state index in [-0.39, 0.29) is 29.8 Å². The molecule has 32 heavy (non-hydrogen) atoms. The van der Waals surface area contributed by atoms with Crippen LogP contribution in [0.1, 0.15) is 16.1 Å². The van der Waals surface area contributed by atoms with Crippen molar-refractivity contribution < 1.29 is 18.9 Å². The van der Waals surface area contributed by atoms with E-state index in [4.69, 9.17) is 26.8 Å². The lowest BCUT2D eigenvalue weighted by molar-refractivity contribution is 0.0950. The van der Waals surface area contributed by atoms with Crippen molar-refractivity contribution in [2.75, 3.05) is 12.5 Å². The second kappa shape index (κ2) is 8.00. The van der Waals surface area contributed by atoms with Gasteiger partial charge in [-0.2, -0.15) is 9.78 Å². The Labute approximate surface area is 184 Å². The van der Waals surface area contributed by atoms with Crippen LogP contribution in [-0.2, 0) is 0 Å². The van der Waals surface area contributed by atoms with Crippen molar-refractivity contribution in [3.63, 3.8) is 0 Å². The number of nitrogens with zero attached hydrogens (tertiary/aromatic N) is 6. The molecule has 3 heterocycles. The number of benzene rings is 2. The highest BCUT2D eigenvalue weighted by Gasteiger charge is 2.26. The number of carbonyl (C=O) groups excluding carboxylic acids is 1. The number of hydrogen-bond acceptors (Lipinski definition) is 10.